The number of phenolic OH excluding ortho intramolecular Hbond substituents is 1. The van der Waals surface area contributed by atoms with Gasteiger partial charge >= 0.3 is 0 Å². The van der Waals surface area contributed by atoms with E-state index in [1.807, 2.05) is 0 Å². The first-order valence-electron chi connectivity index (χ1n) is 7.06. The molecule has 0 aliphatic rings. The van der Waals surface area contributed by atoms with Crippen LogP contribution in [0.15, 0.2) is 52.3 Å². The van der Waals surface area contributed by atoms with Crippen LogP contribution in [0.1, 0.15) is 11.3 Å². The highest BCUT2D eigenvalue weighted by molar-refractivity contribution is 6.30. The molecule has 0 fully saturated rings. The van der Waals surface area contributed by atoms with E-state index in [0.717, 1.165) is 0 Å². The van der Waals surface area contributed by atoms with Crippen LogP contribution < -0.4 is 5.56 Å². The van der Waals surface area contributed by atoms with E-state index in [1.165, 1.54) is 47.3 Å². The number of phenols is 1. The van der Waals surface area contributed by atoms with E-state index < -0.39 is 0 Å². The minimum atomic E-state index is -0.381. The van der Waals surface area contributed by atoms with Gasteiger partial charge in [-0.3, -0.25) is 14.9 Å². The molecule has 0 saturated carbocycles. The van der Waals surface area contributed by atoms with Crippen molar-refractivity contribution in [2.45, 2.75) is 6.92 Å². The maximum Gasteiger partial charge on any atom is 0.280 e. The third kappa shape index (κ3) is 3.09. The van der Waals surface area contributed by atoms with E-state index in [4.69, 9.17) is 11.6 Å². The van der Waals surface area contributed by atoms with Gasteiger partial charge in [-0.15, -0.1) is 0 Å². The zero-order chi connectivity index (χ0) is 17.3. The Bertz CT molecular complexity index is 974. The van der Waals surface area contributed by atoms with E-state index in [0.29, 0.717) is 22.0 Å². The third-order valence-corrected chi connectivity index (χ3v) is 3.71. The van der Waals surface area contributed by atoms with Crippen molar-refractivity contribution in [3.8, 4) is 11.4 Å². The van der Waals surface area contributed by atoms with Crippen molar-refractivity contribution in [3.63, 3.8) is 0 Å². The first kappa shape index (κ1) is 16.0. The van der Waals surface area contributed by atoms with E-state index in [9.17, 15) is 14.3 Å². The van der Waals surface area contributed by atoms with E-state index in [2.05, 4.69) is 10.1 Å². The lowest BCUT2D eigenvalue weighted by molar-refractivity contribution is 0.477. The predicted molar refractivity (Wildman–Crippen MR) is 91.5 cm³/mol. The molecule has 24 heavy (non-hydrogen) atoms. The smallest absolute Gasteiger partial charge is 0.280 e. The van der Waals surface area contributed by atoms with Gasteiger partial charge < -0.3 is 5.11 Å². The lowest BCUT2D eigenvalue weighted by Gasteiger charge is -2.00. The number of aromatic amines is 1. The van der Waals surface area contributed by atoms with Gasteiger partial charge in [-0.05, 0) is 49.4 Å². The van der Waals surface area contributed by atoms with Crippen LogP contribution in [0.5, 0.6) is 5.75 Å². The summed E-state index contributed by atoms with van der Waals surface area (Å²) in [6, 6.07) is 10.0. The Balaban J connectivity index is 2.01. The zero-order valence-corrected chi connectivity index (χ0v) is 13.4. The van der Waals surface area contributed by atoms with Crippen molar-refractivity contribution < 1.29 is 9.50 Å². The zero-order valence-electron chi connectivity index (χ0n) is 12.6. The molecule has 7 heteroatoms. The highest BCUT2D eigenvalue weighted by Crippen LogP contribution is 2.29. The number of benzene rings is 2. The molecule has 0 unspecified atom stereocenters. The van der Waals surface area contributed by atoms with Crippen LogP contribution in [0.2, 0.25) is 5.02 Å². The summed E-state index contributed by atoms with van der Waals surface area (Å²) in [5.74, 6) is -0.420. The molecule has 3 rings (SSSR count). The second-order valence-corrected chi connectivity index (χ2v) is 5.60. The van der Waals surface area contributed by atoms with Gasteiger partial charge in [0.1, 0.15) is 17.3 Å². The highest BCUT2D eigenvalue weighted by atomic mass is 35.5. The van der Waals surface area contributed by atoms with Crippen molar-refractivity contribution in [1.29, 1.82) is 0 Å². The molecule has 122 valence electrons. The van der Waals surface area contributed by atoms with Crippen LogP contribution in [0, 0.1) is 12.7 Å². The fourth-order valence-electron chi connectivity index (χ4n) is 2.22. The first-order valence-corrected chi connectivity index (χ1v) is 7.43. The predicted octanol–water partition coefficient (Wildman–Crippen LogP) is 3.72. The van der Waals surface area contributed by atoms with Gasteiger partial charge in [-0.1, -0.05) is 11.6 Å². The SMILES string of the molecule is Cc1[nH]n(-c2ccc(F)cc2)c(=O)c1C=Nc1cc(Cl)ccc1O. The molecule has 0 amide bonds. The van der Waals surface area contributed by atoms with Crippen molar-refractivity contribution in [2.24, 2.45) is 4.99 Å². The average Bonchev–Trinajstić information content (AvgIpc) is 2.84. The first-order chi connectivity index (χ1) is 11.5. The summed E-state index contributed by atoms with van der Waals surface area (Å²) in [5, 5.41) is 13.1. The molecule has 2 N–H and O–H groups in total. The molecule has 1 aromatic heterocycles. The Morgan fingerprint density at radius 2 is 1.96 bits per heavy atom. The normalized spacial score (nSPS) is 11.3. The maximum atomic E-state index is 13.0. The summed E-state index contributed by atoms with van der Waals surface area (Å²) in [6.45, 7) is 1.72. The Kier molecular flexibility index (Phi) is 4.22. The molecule has 0 radical (unpaired) electrons. The van der Waals surface area contributed by atoms with Gasteiger partial charge in [0.2, 0.25) is 0 Å². The van der Waals surface area contributed by atoms with Crippen LogP contribution in [0.4, 0.5) is 10.1 Å². The van der Waals surface area contributed by atoms with Gasteiger partial charge in [0.25, 0.3) is 5.56 Å². The largest absolute Gasteiger partial charge is 0.506 e. The highest BCUT2D eigenvalue weighted by Gasteiger charge is 2.11. The minimum absolute atomic E-state index is 0.0392. The standard InChI is InChI=1S/C17H13ClFN3O2/c1-10-14(9-20-15-8-11(18)2-7-16(15)23)17(24)22(21-10)13-5-3-12(19)4-6-13/h2-9,21,23H,1H3. The molecule has 3 aromatic rings. The number of nitrogens with zero attached hydrogens (tertiary/aromatic N) is 2. The number of hydrogen-bond donors (Lipinski definition) is 2. The molecule has 5 nitrogen and oxygen atoms in total. The molecular formula is C17H13ClFN3O2. The molecule has 0 spiro atoms. The average molecular weight is 346 g/mol. The number of aromatic nitrogens is 2. The Hall–Kier alpha value is -2.86. The van der Waals surface area contributed by atoms with Crippen molar-refractivity contribution in [3.05, 3.63) is 74.9 Å². The summed E-state index contributed by atoms with van der Waals surface area (Å²) in [4.78, 5) is 16.6. The Morgan fingerprint density at radius 1 is 1.25 bits per heavy atom. The minimum Gasteiger partial charge on any atom is -0.506 e. The number of nitrogens with one attached hydrogen (secondary N) is 1. The second-order valence-electron chi connectivity index (χ2n) is 5.16. The molecule has 0 aliphatic heterocycles. The number of hydrogen-bond acceptors (Lipinski definition) is 3. The Labute approximate surface area is 141 Å². The summed E-state index contributed by atoms with van der Waals surface area (Å²) >= 11 is 5.87. The molecule has 0 saturated heterocycles. The number of rotatable bonds is 3. The van der Waals surface area contributed by atoms with Gasteiger partial charge in [-0.2, -0.15) is 0 Å². The van der Waals surface area contributed by atoms with Gasteiger partial charge in [-0.25, -0.2) is 9.07 Å². The van der Waals surface area contributed by atoms with Crippen molar-refractivity contribution in [2.75, 3.05) is 0 Å². The molecular weight excluding hydrogens is 333 g/mol. The van der Waals surface area contributed by atoms with Crippen LogP contribution in [0.25, 0.3) is 5.69 Å². The number of aliphatic imine (C=N–C) groups is 1. The van der Waals surface area contributed by atoms with E-state index in [-0.39, 0.29) is 22.8 Å². The lowest BCUT2D eigenvalue weighted by atomic mass is 10.2. The van der Waals surface area contributed by atoms with E-state index in [1.54, 1.807) is 13.0 Å². The Morgan fingerprint density at radius 3 is 2.67 bits per heavy atom. The van der Waals surface area contributed by atoms with Crippen LogP contribution in [-0.4, -0.2) is 21.1 Å². The fourth-order valence-corrected chi connectivity index (χ4v) is 2.38. The molecule has 1 heterocycles. The second kappa shape index (κ2) is 6.33. The van der Waals surface area contributed by atoms with Gasteiger partial charge in [0.05, 0.1) is 11.3 Å². The van der Waals surface area contributed by atoms with E-state index >= 15 is 0 Å². The summed E-state index contributed by atoms with van der Waals surface area (Å²) < 4.78 is 14.3. The summed E-state index contributed by atoms with van der Waals surface area (Å²) in [5.41, 5.74) is 1.36. The van der Waals surface area contributed by atoms with Gasteiger partial charge in [0, 0.05) is 16.9 Å². The fraction of sp³-hybridized carbons (Fsp3) is 0.0588. The van der Waals surface area contributed by atoms with Crippen LogP contribution >= 0.6 is 11.6 Å². The topological polar surface area (TPSA) is 70.4 Å². The van der Waals surface area contributed by atoms with Crippen LogP contribution in [-0.2, 0) is 0 Å². The molecule has 0 aliphatic carbocycles. The van der Waals surface area contributed by atoms with Gasteiger partial charge in [0.15, 0.2) is 0 Å². The van der Waals surface area contributed by atoms with Crippen LogP contribution in [0.3, 0.4) is 0 Å². The lowest BCUT2D eigenvalue weighted by Crippen LogP contribution is -2.17. The maximum absolute atomic E-state index is 13.0. The molecule has 0 bridgehead atoms. The third-order valence-electron chi connectivity index (χ3n) is 3.47. The van der Waals surface area contributed by atoms with Crippen molar-refractivity contribution in [1.82, 2.24) is 9.78 Å². The summed E-state index contributed by atoms with van der Waals surface area (Å²) in [6.07, 6.45) is 1.36. The number of aromatic hydroxyl groups is 1. The number of halogens is 2. The monoisotopic (exact) mass is 345 g/mol. The molecule has 2 aromatic carbocycles. The number of aryl methyl sites for hydroxylation is 1. The molecule has 0 atom stereocenters. The quantitative estimate of drug-likeness (QED) is 0.710. The number of H-pyrrole nitrogens is 1. The summed E-state index contributed by atoms with van der Waals surface area (Å²) in [7, 11) is 0. The van der Waals surface area contributed by atoms with Crippen molar-refractivity contribution >= 4 is 23.5 Å².